The fraction of sp³-hybridized carbons (Fsp3) is 0.143. The van der Waals surface area contributed by atoms with Crippen LogP contribution in [-0.2, 0) is 4.74 Å². The number of esters is 1. The van der Waals surface area contributed by atoms with E-state index in [-0.39, 0.29) is 11.9 Å². The summed E-state index contributed by atoms with van der Waals surface area (Å²) in [6.07, 6.45) is 1.26. The second kappa shape index (κ2) is 7.77. The molecule has 0 aliphatic carbocycles. The summed E-state index contributed by atoms with van der Waals surface area (Å²) >= 11 is 7.50. The number of benzene rings is 2. The van der Waals surface area contributed by atoms with E-state index in [0.29, 0.717) is 26.2 Å². The second-order valence-electron chi connectivity index (χ2n) is 6.34. The fourth-order valence-electron chi connectivity index (χ4n) is 3.03. The number of nitrogens with zero attached hydrogens (tertiary/aromatic N) is 2. The molecule has 0 saturated heterocycles. The van der Waals surface area contributed by atoms with Gasteiger partial charge in [-0.3, -0.25) is 4.57 Å². The van der Waals surface area contributed by atoms with Gasteiger partial charge in [0.2, 0.25) is 0 Å². The van der Waals surface area contributed by atoms with Gasteiger partial charge in [0.15, 0.2) is 4.88 Å². The van der Waals surface area contributed by atoms with Crippen molar-refractivity contribution in [3.8, 4) is 16.5 Å². The molecule has 0 radical (unpaired) electrons. The molecule has 4 aromatic rings. The Morgan fingerprint density at radius 1 is 1.24 bits per heavy atom. The normalized spacial score (nSPS) is 12.1. The van der Waals surface area contributed by atoms with Crippen LogP contribution in [0.3, 0.4) is 0 Å². The lowest BCUT2D eigenvalue weighted by Crippen LogP contribution is -2.07. The number of imidazole rings is 1. The molecule has 2 heterocycles. The third kappa shape index (κ3) is 3.66. The number of carbonyl (C=O) groups is 1. The number of phenols is 1. The van der Waals surface area contributed by atoms with Gasteiger partial charge in [0.05, 0.1) is 18.1 Å². The van der Waals surface area contributed by atoms with Gasteiger partial charge in [0.25, 0.3) is 0 Å². The molecule has 148 valence electrons. The number of aromatic nitrogens is 2. The first-order valence-electron chi connectivity index (χ1n) is 8.77. The van der Waals surface area contributed by atoms with Gasteiger partial charge < -0.3 is 14.6 Å². The van der Waals surface area contributed by atoms with E-state index >= 15 is 0 Å². The Morgan fingerprint density at radius 3 is 2.79 bits per heavy atom. The topological polar surface area (TPSA) is 73.6 Å². The molecule has 6 nitrogen and oxygen atoms in total. The fourth-order valence-corrected chi connectivity index (χ4v) is 4.32. The molecule has 8 heteroatoms. The number of hydrogen-bond acceptors (Lipinski definition) is 6. The molecule has 0 saturated carbocycles. The van der Waals surface area contributed by atoms with Crippen molar-refractivity contribution in [3.05, 3.63) is 70.3 Å². The van der Waals surface area contributed by atoms with E-state index in [2.05, 4.69) is 4.98 Å². The molecule has 0 bridgehead atoms. The zero-order valence-electron chi connectivity index (χ0n) is 15.6. The van der Waals surface area contributed by atoms with E-state index < -0.39 is 5.97 Å². The Hall–Kier alpha value is -3.03. The van der Waals surface area contributed by atoms with E-state index in [1.165, 1.54) is 18.4 Å². The predicted molar refractivity (Wildman–Crippen MR) is 112 cm³/mol. The maximum atomic E-state index is 12.3. The molecule has 0 aliphatic heterocycles. The van der Waals surface area contributed by atoms with Crippen molar-refractivity contribution in [1.29, 1.82) is 0 Å². The lowest BCUT2D eigenvalue weighted by molar-refractivity contribution is 0.0600. The molecule has 0 aliphatic rings. The SMILES string of the molecule is COC(=O)c1sc(-n2cnc3ccc(O)cc32)cc1O[C@H](C)c1ccccc1Cl. The number of ether oxygens (including phenoxy) is 2. The Morgan fingerprint density at radius 2 is 2.03 bits per heavy atom. The van der Waals surface area contributed by atoms with E-state index in [0.717, 1.165) is 11.1 Å². The lowest BCUT2D eigenvalue weighted by Gasteiger charge is -2.16. The minimum Gasteiger partial charge on any atom is -0.508 e. The summed E-state index contributed by atoms with van der Waals surface area (Å²) < 4.78 is 12.8. The van der Waals surface area contributed by atoms with Crippen molar-refractivity contribution in [2.24, 2.45) is 0 Å². The molecule has 4 rings (SSSR count). The highest BCUT2D eigenvalue weighted by molar-refractivity contribution is 7.16. The van der Waals surface area contributed by atoms with Gasteiger partial charge >= 0.3 is 5.97 Å². The largest absolute Gasteiger partial charge is 0.508 e. The maximum Gasteiger partial charge on any atom is 0.351 e. The van der Waals surface area contributed by atoms with Crippen molar-refractivity contribution < 1.29 is 19.4 Å². The Bertz CT molecular complexity index is 1200. The summed E-state index contributed by atoms with van der Waals surface area (Å²) in [4.78, 5) is 17.0. The first-order chi connectivity index (χ1) is 14.0. The zero-order chi connectivity index (χ0) is 20.5. The summed E-state index contributed by atoms with van der Waals surface area (Å²) in [5.41, 5.74) is 2.26. The molecule has 0 spiro atoms. The third-order valence-electron chi connectivity index (χ3n) is 4.47. The monoisotopic (exact) mass is 428 g/mol. The van der Waals surface area contributed by atoms with Crippen molar-refractivity contribution in [2.45, 2.75) is 13.0 Å². The molecule has 0 unspecified atom stereocenters. The van der Waals surface area contributed by atoms with Crippen LogP contribution < -0.4 is 4.74 Å². The predicted octanol–water partition coefficient (Wildman–Crippen LogP) is 5.37. The average molecular weight is 429 g/mol. The standard InChI is InChI=1S/C21H17ClN2O4S/c1-12(14-5-3-4-6-15(14)22)28-18-10-19(29-20(18)21(26)27-2)24-11-23-16-8-7-13(25)9-17(16)24/h3-12,25H,1-2H3/t12-/m1/s1. The van der Waals surface area contributed by atoms with Crippen LogP contribution in [0.1, 0.15) is 28.3 Å². The minimum absolute atomic E-state index is 0.132. The van der Waals surface area contributed by atoms with Gasteiger partial charge in [-0.25, -0.2) is 9.78 Å². The van der Waals surface area contributed by atoms with Crippen LogP contribution in [0.15, 0.2) is 54.9 Å². The van der Waals surface area contributed by atoms with Crippen molar-refractivity contribution in [2.75, 3.05) is 7.11 Å². The average Bonchev–Trinajstić information content (AvgIpc) is 3.31. The molecule has 2 aromatic heterocycles. The zero-order valence-corrected chi connectivity index (χ0v) is 17.2. The van der Waals surface area contributed by atoms with E-state index in [1.807, 2.05) is 25.1 Å². The number of rotatable bonds is 5. The number of aromatic hydroxyl groups is 1. The molecule has 0 fully saturated rings. The van der Waals surface area contributed by atoms with Crippen LogP contribution in [0.25, 0.3) is 16.0 Å². The highest BCUT2D eigenvalue weighted by Crippen LogP contribution is 2.37. The van der Waals surface area contributed by atoms with Crippen LogP contribution in [0, 0.1) is 0 Å². The molecule has 1 atom stereocenters. The molecule has 1 N–H and O–H groups in total. The van der Waals surface area contributed by atoms with Crippen molar-refractivity contribution >= 4 is 39.9 Å². The van der Waals surface area contributed by atoms with Gasteiger partial charge in [0.1, 0.15) is 28.9 Å². The number of methoxy groups -OCH3 is 1. The van der Waals surface area contributed by atoms with Gasteiger partial charge in [-0.15, -0.1) is 11.3 Å². The molecule has 0 amide bonds. The van der Waals surface area contributed by atoms with Gasteiger partial charge in [-0.05, 0) is 25.1 Å². The minimum atomic E-state index is -0.491. The first kappa shape index (κ1) is 19.3. The molecule has 29 heavy (non-hydrogen) atoms. The number of halogens is 1. The number of hydrogen-bond donors (Lipinski definition) is 1. The van der Waals surface area contributed by atoms with Crippen molar-refractivity contribution in [3.63, 3.8) is 0 Å². The van der Waals surface area contributed by atoms with Gasteiger partial charge in [-0.2, -0.15) is 0 Å². The third-order valence-corrected chi connectivity index (χ3v) is 5.91. The highest BCUT2D eigenvalue weighted by atomic mass is 35.5. The summed E-state index contributed by atoms with van der Waals surface area (Å²) in [5, 5.41) is 11.1. The van der Waals surface area contributed by atoms with Crippen LogP contribution in [-0.4, -0.2) is 27.7 Å². The second-order valence-corrected chi connectivity index (χ2v) is 7.78. The summed E-state index contributed by atoms with van der Waals surface area (Å²) in [5.74, 6) is 0.0361. The van der Waals surface area contributed by atoms with Crippen LogP contribution in [0.5, 0.6) is 11.5 Å². The number of phenolic OH excluding ortho intramolecular Hbond substituents is 1. The summed E-state index contributed by atoms with van der Waals surface area (Å²) in [7, 11) is 1.33. The Kier molecular flexibility index (Phi) is 5.17. The lowest BCUT2D eigenvalue weighted by atomic mass is 10.1. The van der Waals surface area contributed by atoms with Crippen LogP contribution >= 0.6 is 22.9 Å². The van der Waals surface area contributed by atoms with Crippen molar-refractivity contribution in [1.82, 2.24) is 9.55 Å². The summed E-state index contributed by atoms with van der Waals surface area (Å²) in [6, 6.07) is 14.1. The van der Waals surface area contributed by atoms with Crippen LogP contribution in [0.4, 0.5) is 0 Å². The first-order valence-corrected chi connectivity index (χ1v) is 9.97. The van der Waals surface area contributed by atoms with E-state index in [9.17, 15) is 9.90 Å². The highest BCUT2D eigenvalue weighted by Gasteiger charge is 2.23. The van der Waals surface area contributed by atoms with Gasteiger partial charge in [0, 0.05) is 22.7 Å². The quantitative estimate of drug-likeness (QED) is 0.432. The maximum absolute atomic E-state index is 12.3. The molecular formula is C21H17ClN2O4S. The Labute approximate surface area is 175 Å². The van der Waals surface area contributed by atoms with Gasteiger partial charge in [-0.1, -0.05) is 29.8 Å². The smallest absolute Gasteiger partial charge is 0.351 e. The number of carbonyl (C=O) groups excluding carboxylic acids is 1. The number of fused-ring (bicyclic) bond motifs is 1. The number of thiophene rings is 1. The van der Waals surface area contributed by atoms with E-state index in [4.69, 9.17) is 21.1 Å². The Balaban J connectivity index is 1.76. The van der Waals surface area contributed by atoms with E-state index in [1.54, 1.807) is 41.2 Å². The molecule has 2 aromatic carbocycles. The molecular weight excluding hydrogens is 412 g/mol. The summed E-state index contributed by atoms with van der Waals surface area (Å²) in [6.45, 7) is 1.87. The van der Waals surface area contributed by atoms with Crippen LogP contribution in [0.2, 0.25) is 5.02 Å².